The quantitative estimate of drug-likeness (QED) is 0.848. The fourth-order valence-electron chi connectivity index (χ4n) is 2.33. The first-order valence-corrected chi connectivity index (χ1v) is 8.00. The second-order valence-corrected chi connectivity index (χ2v) is 6.15. The van der Waals surface area contributed by atoms with Crippen LogP contribution in [0, 0.1) is 5.92 Å². The molecule has 116 valence electrons. The molecule has 2 rings (SSSR count). The Labute approximate surface area is 133 Å². The van der Waals surface area contributed by atoms with Gasteiger partial charge in [0.05, 0.1) is 0 Å². The second-order valence-electron chi connectivity index (χ2n) is 6.15. The summed E-state index contributed by atoms with van der Waals surface area (Å²) in [4.78, 5) is 12.5. The third-order valence-electron chi connectivity index (χ3n) is 4.15. The summed E-state index contributed by atoms with van der Waals surface area (Å²) >= 11 is 0. The van der Waals surface area contributed by atoms with E-state index in [0.717, 1.165) is 24.0 Å². The Hall–Kier alpha value is -2.09. The van der Waals surface area contributed by atoms with Gasteiger partial charge in [0.15, 0.2) is 0 Å². The van der Waals surface area contributed by atoms with Crippen LogP contribution in [-0.4, -0.2) is 11.9 Å². The summed E-state index contributed by atoms with van der Waals surface area (Å²) < 4.78 is 0. The van der Waals surface area contributed by atoms with Crippen molar-refractivity contribution in [1.82, 2.24) is 5.32 Å². The van der Waals surface area contributed by atoms with Gasteiger partial charge in [-0.15, -0.1) is 0 Å². The summed E-state index contributed by atoms with van der Waals surface area (Å²) in [5, 5.41) is 3.10. The molecular formula is C20H25NO. The fraction of sp³-hybridized carbons (Fsp3) is 0.350. The SMILES string of the molecule is CC(C)[C@H](C)NC(=O)c1ccccc1CCc1ccccc1. The molecule has 0 heterocycles. The van der Waals surface area contributed by atoms with Crippen molar-refractivity contribution in [2.45, 2.75) is 39.7 Å². The van der Waals surface area contributed by atoms with Crippen LogP contribution in [0.25, 0.3) is 0 Å². The first-order valence-electron chi connectivity index (χ1n) is 8.00. The molecule has 0 saturated carbocycles. The second kappa shape index (κ2) is 7.79. The Kier molecular flexibility index (Phi) is 5.76. The molecule has 0 spiro atoms. The van der Waals surface area contributed by atoms with Gasteiger partial charge in [-0.25, -0.2) is 0 Å². The zero-order chi connectivity index (χ0) is 15.9. The minimum atomic E-state index is 0.0323. The maximum Gasteiger partial charge on any atom is 0.251 e. The lowest BCUT2D eigenvalue weighted by Gasteiger charge is -2.18. The molecular weight excluding hydrogens is 270 g/mol. The number of carbonyl (C=O) groups excluding carboxylic acids is 1. The molecule has 1 N–H and O–H groups in total. The lowest BCUT2D eigenvalue weighted by Crippen LogP contribution is -2.36. The van der Waals surface area contributed by atoms with Gasteiger partial charge in [0, 0.05) is 11.6 Å². The zero-order valence-electron chi connectivity index (χ0n) is 13.7. The Morgan fingerprint density at radius 1 is 0.909 bits per heavy atom. The van der Waals surface area contributed by atoms with E-state index < -0.39 is 0 Å². The number of benzene rings is 2. The zero-order valence-corrected chi connectivity index (χ0v) is 13.7. The summed E-state index contributed by atoms with van der Waals surface area (Å²) in [6, 6.07) is 18.5. The van der Waals surface area contributed by atoms with Crippen LogP contribution in [0.15, 0.2) is 54.6 Å². The summed E-state index contributed by atoms with van der Waals surface area (Å²) in [6.07, 6.45) is 1.83. The highest BCUT2D eigenvalue weighted by molar-refractivity contribution is 5.95. The van der Waals surface area contributed by atoms with Crippen molar-refractivity contribution < 1.29 is 4.79 Å². The van der Waals surface area contributed by atoms with Gasteiger partial charge in [0.25, 0.3) is 5.91 Å². The highest BCUT2D eigenvalue weighted by Crippen LogP contribution is 2.13. The van der Waals surface area contributed by atoms with Gasteiger partial charge in [-0.2, -0.15) is 0 Å². The average Bonchev–Trinajstić information content (AvgIpc) is 2.54. The summed E-state index contributed by atoms with van der Waals surface area (Å²) in [5.41, 5.74) is 3.21. The molecule has 0 aliphatic carbocycles. The van der Waals surface area contributed by atoms with E-state index in [0.29, 0.717) is 5.92 Å². The average molecular weight is 295 g/mol. The number of nitrogens with one attached hydrogen (secondary N) is 1. The van der Waals surface area contributed by atoms with Crippen LogP contribution in [-0.2, 0) is 12.8 Å². The van der Waals surface area contributed by atoms with Crippen LogP contribution in [0.2, 0.25) is 0 Å². The van der Waals surface area contributed by atoms with E-state index in [2.05, 4.69) is 56.4 Å². The summed E-state index contributed by atoms with van der Waals surface area (Å²) in [7, 11) is 0. The predicted octanol–water partition coefficient (Wildman–Crippen LogP) is 4.25. The van der Waals surface area contributed by atoms with Crippen molar-refractivity contribution in [3.05, 3.63) is 71.3 Å². The molecule has 22 heavy (non-hydrogen) atoms. The van der Waals surface area contributed by atoms with Gasteiger partial charge in [0.1, 0.15) is 0 Å². The van der Waals surface area contributed by atoms with E-state index in [4.69, 9.17) is 0 Å². The fourth-order valence-corrected chi connectivity index (χ4v) is 2.33. The number of carbonyl (C=O) groups is 1. The van der Waals surface area contributed by atoms with Gasteiger partial charge in [-0.3, -0.25) is 4.79 Å². The minimum absolute atomic E-state index is 0.0323. The van der Waals surface area contributed by atoms with Crippen molar-refractivity contribution in [3.8, 4) is 0 Å². The molecule has 0 fully saturated rings. The highest BCUT2D eigenvalue weighted by Gasteiger charge is 2.15. The molecule has 0 saturated heterocycles. The van der Waals surface area contributed by atoms with Gasteiger partial charge < -0.3 is 5.32 Å². The van der Waals surface area contributed by atoms with E-state index in [-0.39, 0.29) is 11.9 Å². The van der Waals surface area contributed by atoms with Crippen LogP contribution < -0.4 is 5.32 Å². The maximum atomic E-state index is 12.5. The Morgan fingerprint density at radius 2 is 1.55 bits per heavy atom. The Balaban J connectivity index is 2.08. The highest BCUT2D eigenvalue weighted by atomic mass is 16.1. The molecule has 0 radical (unpaired) electrons. The van der Waals surface area contributed by atoms with Crippen molar-refractivity contribution >= 4 is 5.91 Å². The number of hydrogen-bond acceptors (Lipinski definition) is 1. The van der Waals surface area contributed by atoms with E-state index in [9.17, 15) is 4.79 Å². The van der Waals surface area contributed by atoms with E-state index >= 15 is 0 Å². The third kappa shape index (κ3) is 4.45. The van der Waals surface area contributed by atoms with E-state index in [1.165, 1.54) is 5.56 Å². The van der Waals surface area contributed by atoms with Gasteiger partial charge in [-0.1, -0.05) is 62.4 Å². The van der Waals surface area contributed by atoms with Crippen LogP contribution in [0.3, 0.4) is 0 Å². The molecule has 2 aromatic rings. The topological polar surface area (TPSA) is 29.1 Å². The molecule has 0 aromatic heterocycles. The molecule has 2 heteroatoms. The van der Waals surface area contributed by atoms with Crippen molar-refractivity contribution in [3.63, 3.8) is 0 Å². The van der Waals surface area contributed by atoms with E-state index in [1.807, 2.05) is 24.3 Å². The molecule has 2 aromatic carbocycles. The summed E-state index contributed by atoms with van der Waals surface area (Å²) in [5.74, 6) is 0.463. The first-order chi connectivity index (χ1) is 10.6. The predicted molar refractivity (Wildman–Crippen MR) is 92.1 cm³/mol. The number of rotatable bonds is 6. The third-order valence-corrected chi connectivity index (χ3v) is 4.15. The van der Waals surface area contributed by atoms with E-state index in [1.54, 1.807) is 0 Å². The number of amides is 1. The monoisotopic (exact) mass is 295 g/mol. The van der Waals surface area contributed by atoms with Gasteiger partial charge in [0.2, 0.25) is 0 Å². The molecule has 1 atom stereocenters. The Bertz CT molecular complexity index is 604. The largest absolute Gasteiger partial charge is 0.349 e. The Morgan fingerprint density at radius 3 is 2.23 bits per heavy atom. The van der Waals surface area contributed by atoms with Gasteiger partial charge >= 0.3 is 0 Å². The van der Waals surface area contributed by atoms with Crippen molar-refractivity contribution in [1.29, 1.82) is 0 Å². The van der Waals surface area contributed by atoms with Crippen LogP contribution in [0.5, 0.6) is 0 Å². The molecule has 0 aliphatic rings. The molecule has 0 unspecified atom stereocenters. The maximum absolute atomic E-state index is 12.5. The standard InChI is InChI=1S/C20H25NO/c1-15(2)16(3)21-20(22)19-12-8-7-11-18(19)14-13-17-9-5-4-6-10-17/h4-12,15-16H,13-14H2,1-3H3,(H,21,22)/t16-/m0/s1. The van der Waals surface area contributed by atoms with Crippen molar-refractivity contribution in [2.24, 2.45) is 5.92 Å². The molecule has 0 aliphatic heterocycles. The number of aryl methyl sites for hydroxylation is 2. The number of hydrogen-bond donors (Lipinski definition) is 1. The van der Waals surface area contributed by atoms with Gasteiger partial charge in [-0.05, 0) is 42.9 Å². The first kappa shape index (κ1) is 16.3. The lowest BCUT2D eigenvalue weighted by molar-refractivity contribution is 0.0929. The van der Waals surface area contributed by atoms with Crippen LogP contribution >= 0.6 is 0 Å². The van der Waals surface area contributed by atoms with Crippen LogP contribution in [0.4, 0.5) is 0 Å². The minimum Gasteiger partial charge on any atom is -0.349 e. The molecule has 0 bridgehead atoms. The molecule has 2 nitrogen and oxygen atoms in total. The molecule has 1 amide bonds. The van der Waals surface area contributed by atoms with Crippen molar-refractivity contribution in [2.75, 3.05) is 0 Å². The van der Waals surface area contributed by atoms with Crippen LogP contribution in [0.1, 0.15) is 42.3 Å². The lowest BCUT2D eigenvalue weighted by atomic mass is 9.98. The smallest absolute Gasteiger partial charge is 0.251 e. The normalized spacial score (nSPS) is 12.2. The summed E-state index contributed by atoms with van der Waals surface area (Å²) in [6.45, 7) is 6.29.